The number of primary amides is 1. The zero-order valence-electron chi connectivity index (χ0n) is 14.2. The highest BCUT2D eigenvalue weighted by Crippen LogP contribution is 2.24. The van der Waals surface area contributed by atoms with Gasteiger partial charge in [0.05, 0.1) is 12.6 Å². The quantitative estimate of drug-likeness (QED) is 0.220. The summed E-state index contributed by atoms with van der Waals surface area (Å²) in [5.41, 5.74) is 5.41. The molecular formula is C15H20N2O11. The number of hydrogen-bond donors (Lipinski definition) is 7. The van der Waals surface area contributed by atoms with Gasteiger partial charge in [0.25, 0.3) is 12.1 Å². The molecule has 28 heavy (non-hydrogen) atoms. The van der Waals surface area contributed by atoms with Crippen LogP contribution in [-0.2, 0) is 14.3 Å². The zero-order valence-corrected chi connectivity index (χ0v) is 14.2. The second-order valence-electron chi connectivity index (χ2n) is 5.68. The fraction of sp³-hybridized carbons (Fsp3) is 0.467. The van der Waals surface area contributed by atoms with Gasteiger partial charge >= 0.3 is 5.97 Å². The number of aromatic nitrogens is 1. The first-order valence-corrected chi connectivity index (χ1v) is 7.74. The Morgan fingerprint density at radius 1 is 1.21 bits per heavy atom. The summed E-state index contributed by atoms with van der Waals surface area (Å²) in [4.78, 5) is 30.5. The Balaban J connectivity index is 0.000000336. The summed E-state index contributed by atoms with van der Waals surface area (Å²) in [6.07, 6.45) is -5.79. The van der Waals surface area contributed by atoms with E-state index in [0.29, 0.717) is 0 Å². The van der Waals surface area contributed by atoms with E-state index in [1.807, 2.05) is 0 Å². The number of rotatable bonds is 6. The van der Waals surface area contributed by atoms with Crippen LogP contribution in [0.1, 0.15) is 16.6 Å². The van der Waals surface area contributed by atoms with Crippen LogP contribution in [0.25, 0.3) is 0 Å². The smallest absolute Gasteiger partial charge is 0.335 e. The van der Waals surface area contributed by atoms with Crippen LogP contribution in [0.2, 0.25) is 0 Å². The monoisotopic (exact) mass is 404 g/mol. The van der Waals surface area contributed by atoms with Gasteiger partial charge in [-0.05, 0) is 6.07 Å². The van der Waals surface area contributed by atoms with E-state index >= 15 is 0 Å². The average molecular weight is 404 g/mol. The third-order valence-electron chi connectivity index (χ3n) is 3.71. The predicted molar refractivity (Wildman–Crippen MR) is 82.8 cm³/mol. The van der Waals surface area contributed by atoms with E-state index in [-0.39, 0.29) is 5.56 Å². The van der Waals surface area contributed by atoms with Gasteiger partial charge in [0, 0.05) is 6.07 Å². The van der Waals surface area contributed by atoms with Gasteiger partial charge in [0.1, 0.15) is 23.9 Å². The van der Waals surface area contributed by atoms with Crippen LogP contribution < -0.4 is 15.4 Å². The fourth-order valence-corrected chi connectivity index (χ4v) is 2.19. The number of pyridine rings is 1. The minimum Gasteiger partial charge on any atom is -0.547 e. The van der Waals surface area contributed by atoms with E-state index in [4.69, 9.17) is 30.9 Å². The van der Waals surface area contributed by atoms with Crippen LogP contribution in [0.5, 0.6) is 0 Å². The first-order valence-electron chi connectivity index (χ1n) is 7.74. The molecule has 0 saturated carbocycles. The summed E-state index contributed by atoms with van der Waals surface area (Å²) >= 11 is 0. The molecule has 1 aromatic rings. The number of carboxylic acids is 2. The van der Waals surface area contributed by atoms with E-state index in [1.54, 1.807) is 12.3 Å². The van der Waals surface area contributed by atoms with Crippen molar-refractivity contribution in [3.63, 3.8) is 0 Å². The summed E-state index contributed by atoms with van der Waals surface area (Å²) in [5, 5.41) is 62.6. The summed E-state index contributed by atoms with van der Waals surface area (Å²) in [5.74, 6) is -4.43. The van der Waals surface area contributed by atoms with Gasteiger partial charge in [0.15, 0.2) is 24.6 Å². The highest BCUT2D eigenvalue weighted by Gasteiger charge is 2.47. The first kappa shape index (κ1) is 23.4. The number of aliphatic carboxylic acids is 2. The molecule has 0 aliphatic carbocycles. The molecule has 6 atom stereocenters. The number of carbonyl (C=O) groups is 3. The predicted octanol–water partition coefficient (Wildman–Crippen LogP) is -5.77. The van der Waals surface area contributed by atoms with Gasteiger partial charge in [-0.15, -0.1) is 0 Å². The average Bonchev–Trinajstić information content (AvgIpc) is 2.95. The highest BCUT2D eigenvalue weighted by atomic mass is 16.6. The van der Waals surface area contributed by atoms with Crippen LogP contribution in [0.3, 0.4) is 0 Å². The summed E-state index contributed by atoms with van der Waals surface area (Å²) in [6.45, 7) is -0.398. The summed E-state index contributed by atoms with van der Waals surface area (Å²) in [7, 11) is 0. The molecule has 1 aliphatic rings. The van der Waals surface area contributed by atoms with E-state index in [0.717, 1.165) is 0 Å². The topological polar surface area (TPSA) is 235 Å². The Bertz CT molecular complexity index is 695. The lowest BCUT2D eigenvalue weighted by Gasteiger charge is -2.13. The maximum atomic E-state index is 11.1. The lowest BCUT2D eigenvalue weighted by atomic mass is 10.1. The van der Waals surface area contributed by atoms with Crippen LogP contribution in [0.15, 0.2) is 24.5 Å². The minimum absolute atomic E-state index is 0.259. The maximum Gasteiger partial charge on any atom is 0.335 e. The second-order valence-corrected chi connectivity index (χ2v) is 5.68. The number of hydrogen-bond acceptors (Lipinski definition) is 10. The van der Waals surface area contributed by atoms with Crippen molar-refractivity contribution in [1.29, 1.82) is 0 Å². The minimum atomic E-state index is -2.38. The number of carboxylic acid groups (broad SMARTS) is 2. The number of aliphatic hydroxyl groups is 5. The first-order chi connectivity index (χ1) is 13.0. The molecule has 1 aliphatic heterocycles. The Morgan fingerprint density at radius 3 is 2.21 bits per heavy atom. The molecule has 13 heteroatoms. The summed E-state index contributed by atoms with van der Waals surface area (Å²) in [6, 6.07) is 3.11. The number of ether oxygens (including phenoxy) is 1. The van der Waals surface area contributed by atoms with Gasteiger partial charge in [-0.25, -0.2) is 4.79 Å². The number of nitrogens with two attached hydrogens (primary N) is 1. The molecule has 1 amide bonds. The van der Waals surface area contributed by atoms with E-state index in [9.17, 15) is 29.7 Å². The van der Waals surface area contributed by atoms with E-state index in [2.05, 4.69) is 0 Å². The molecule has 8 N–H and O–H groups in total. The lowest BCUT2D eigenvalue weighted by Crippen LogP contribution is -2.46. The largest absolute Gasteiger partial charge is 0.547 e. The van der Waals surface area contributed by atoms with Crippen molar-refractivity contribution < 1.29 is 59.4 Å². The molecule has 0 aromatic carbocycles. The molecule has 0 unspecified atom stereocenters. The van der Waals surface area contributed by atoms with Crippen LogP contribution >= 0.6 is 0 Å². The van der Waals surface area contributed by atoms with Gasteiger partial charge in [-0.1, -0.05) is 0 Å². The molecular weight excluding hydrogens is 384 g/mol. The van der Waals surface area contributed by atoms with Crippen LogP contribution in [0.4, 0.5) is 0 Å². The van der Waals surface area contributed by atoms with Crippen molar-refractivity contribution in [2.24, 2.45) is 5.73 Å². The maximum absolute atomic E-state index is 11.1. The van der Waals surface area contributed by atoms with Gasteiger partial charge in [0.2, 0.25) is 0 Å². The molecule has 1 aromatic heterocycles. The SMILES string of the molecule is NC(=O)c1ccc[n+]([C@H]2O[C@@H](CO)[C@H](O)[C@@H]2O)c1.O=C([O-])[C@@H](O)[C@H](O)C(=O)O. The van der Waals surface area contributed by atoms with E-state index < -0.39 is 61.2 Å². The van der Waals surface area contributed by atoms with Gasteiger partial charge < -0.3 is 51.0 Å². The third-order valence-corrected chi connectivity index (χ3v) is 3.71. The standard InChI is InChI=1S/C11H14N2O5.C4H6O6/c12-10(17)6-2-1-3-13(4-6)11-9(16)8(15)7(5-14)18-11;5-1(3(7)8)2(6)4(9)10/h1-4,7-9,11,14-16H,5H2,(H-,12,17);1-2,5-6H,(H,7,8)(H,9,10)/t7-,8-,9-,11-;1-,2-/m00/s1. The Hall–Kier alpha value is -2.68. The zero-order chi connectivity index (χ0) is 21.6. The van der Waals surface area contributed by atoms with Gasteiger partial charge in [-0.2, -0.15) is 4.57 Å². The molecule has 1 saturated heterocycles. The molecule has 0 radical (unpaired) electrons. The number of nitrogens with zero attached hydrogens (tertiary/aromatic N) is 1. The normalized spacial score (nSPS) is 25.9. The van der Waals surface area contributed by atoms with Crippen molar-refractivity contribution in [3.05, 3.63) is 30.1 Å². The Morgan fingerprint density at radius 2 is 1.82 bits per heavy atom. The van der Waals surface area contributed by atoms with Crippen molar-refractivity contribution in [2.75, 3.05) is 6.61 Å². The Labute approximate surface area is 157 Å². The van der Waals surface area contributed by atoms with Gasteiger partial charge in [-0.3, -0.25) is 4.79 Å². The summed E-state index contributed by atoms with van der Waals surface area (Å²) < 4.78 is 6.75. The van der Waals surface area contributed by atoms with Crippen molar-refractivity contribution >= 4 is 17.8 Å². The number of carbonyl (C=O) groups excluding carboxylic acids is 2. The van der Waals surface area contributed by atoms with Crippen molar-refractivity contribution in [3.8, 4) is 0 Å². The molecule has 2 rings (SSSR count). The van der Waals surface area contributed by atoms with Crippen LogP contribution in [0, 0.1) is 0 Å². The van der Waals surface area contributed by atoms with E-state index in [1.165, 1.54) is 16.8 Å². The van der Waals surface area contributed by atoms with Crippen LogP contribution in [-0.4, -0.2) is 85.6 Å². The van der Waals surface area contributed by atoms with Crippen molar-refractivity contribution in [1.82, 2.24) is 0 Å². The van der Waals surface area contributed by atoms with Crippen molar-refractivity contribution in [2.45, 2.75) is 36.7 Å². The molecule has 0 spiro atoms. The number of amides is 1. The molecule has 1 fully saturated rings. The second kappa shape index (κ2) is 10.0. The lowest BCUT2D eigenvalue weighted by molar-refractivity contribution is -0.765. The molecule has 156 valence electrons. The number of aliphatic hydroxyl groups excluding tert-OH is 5. The Kier molecular flexibility index (Phi) is 8.36. The third kappa shape index (κ3) is 5.66. The molecule has 0 bridgehead atoms. The highest BCUT2D eigenvalue weighted by molar-refractivity contribution is 5.92. The molecule has 13 nitrogen and oxygen atoms in total. The fourth-order valence-electron chi connectivity index (χ4n) is 2.19. The molecule has 2 heterocycles.